The van der Waals surface area contributed by atoms with Crippen LogP contribution in [0.25, 0.3) is 22.2 Å². The molecule has 0 aliphatic heterocycles. The Morgan fingerprint density at radius 1 is 1.12 bits per heavy atom. The van der Waals surface area contributed by atoms with Gasteiger partial charge in [-0.15, -0.1) is 0 Å². The maximum absolute atomic E-state index is 13.0. The Balaban J connectivity index is 2.23. The van der Waals surface area contributed by atoms with Gasteiger partial charge in [0.2, 0.25) is 0 Å². The molecule has 24 heavy (non-hydrogen) atoms. The van der Waals surface area contributed by atoms with Crippen molar-refractivity contribution >= 4 is 16.9 Å². The number of esters is 1. The van der Waals surface area contributed by atoms with Crippen molar-refractivity contribution in [1.82, 2.24) is 4.98 Å². The fourth-order valence-corrected chi connectivity index (χ4v) is 2.62. The van der Waals surface area contributed by atoms with Crippen LogP contribution in [0.2, 0.25) is 0 Å². The Morgan fingerprint density at radius 3 is 2.58 bits per heavy atom. The summed E-state index contributed by atoms with van der Waals surface area (Å²) in [6.45, 7) is 1.86. The van der Waals surface area contributed by atoms with Crippen LogP contribution in [0.5, 0.6) is 0 Å². The molecule has 1 N–H and O–H groups in total. The molecule has 0 atom stereocenters. The van der Waals surface area contributed by atoms with E-state index in [9.17, 15) is 18.0 Å². The lowest BCUT2D eigenvalue weighted by Gasteiger charge is -2.09. The van der Waals surface area contributed by atoms with E-state index in [4.69, 9.17) is 4.74 Å². The Labute approximate surface area is 136 Å². The van der Waals surface area contributed by atoms with E-state index in [0.717, 1.165) is 12.1 Å². The van der Waals surface area contributed by atoms with E-state index >= 15 is 0 Å². The van der Waals surface area contributed by atoms with Crippen molar-refractivity contribution in [1.29, 1.82) is 0 Å². The van der Waals surface area contributed by atoms with Crippen LogP contribution in [0.3, 0.4) is 0 Å². The molecule has 2 aromatic carbocycles. The second kappa shape index (κ2) is 6.03. The molecule has 0 aliphatic carbocycles. The minimum Gasteiger partial charge on any atom is -0.462 e. The van der Waals surface area contributed by atoms with Crippen molar-refractivity contribution in [2.75, 3.05) is 6.61 Å². The molecule has 0 aliphatic rings. The van der Waals surface area contributed by atoms with Gasteiger partial charge in [-0.05, 0) is 30.7 Å². The molecule has 0 saturated heterocycles. The Kier molecular flexibility index (Phi) is 4.05. The van der Waals surface area contributed by atoms with Crippen molar-refractivity contribution in [3.05, 3.63) is 59.7 Å². The zero-order valence-electron chi connectivity index (χ0n) is 12.8. The molecule has 3 aromatic rings. The normalized spacial score (nSPS) is 11.7. The maximum atomic E-state index is 13.0. The van der Waals surface area contributed by atoms with Gasteiger partial charge in [-0.1, -0.05) is 30.3 Å². The number of hydrogen-bond donors (Lipinski definition) is 1. The van der Waals surface area contributed by atoms with Gasteiger partial charge in [-0.25, -0.2) is 4.79 Å². The van der Waals surface area contributed by atoms with Gasteiger partial charge in [0, 0.05) is 10.9 Å². The van der Waals surface area contributed by atoms with E-state index in [1.807, 2.05) is 0 Å². The third-order valence-electron chi connectivity index (χ3n) is 3.66. The quantitative estimate of drug-likeness (QED) is 0.683. The monoisotopic (exact) mass is 333 g/mol. The molecular formula is C18H14F3NO2. The molecule has 6 heteroatoms. The zero-order valence-corrected chi connectivity index (χ0v) is 12.8. The number of rotatable bonds is 3. The second-order valence-corrected chi connectivity index (χ2v) is 5.22. The zero-order chi connectivity index (χ0) is 17.3. The molecule has 0 radical (unpaired) electrons. The van der Waals surface area contributed by atoms with E-state index in [-0.39, 0.29) is 17.7 Å². The first-order valence-corrected chi connectivity index (χ1v) is 7.37. The number of benzene rings is 2. The standard InChI is InChI=1S/C18H14F3NO2/c1-2-24-17(23)15-13-8-3-4-9-14(13)22-16(15)11-6-5-7-12(10-11)18(19,20)21/h3-10,22H,2H2,1H3. The molecule has 0 fully saturated rings. The number of para-hydroxylation sites is 1. The number of nitrogens with one attached hydrogen (secondary N) is 1. The number of carbonyl (C=O) groups excluding carboxylic acids is 1. The molecule has 1 aromatic heterocycles. The highest BCUT2D eigenvalue weighted by Gasteiger charge is 2.31. The Bertz CT molecular complexity index is 897. The lowest BCUT2D eigenvalue weighted by molar-refractivity contribution is -0.137. The van der Waals surface area contributed by atoms with Crippen LogP contribution in [-0.4, -0.2) is 17.6 Å². The lowest BCUT2D eigenvalue weighted by atomic mass is 10.0. The van der Waals surface area contributed by atoms with Gasteiger partial charge in [0.1, 0.15) is 0 Å². The van der Waals surface area contributed by atoms with Gasteiger partial charge < -0.3 is 9.72 Å². The topological polar surface area (TPSA) is 42.1 Å². The van der Waals surface area contributed by atoms with Crippen LogP contribution in [0, 0.1) is 0 Å². The van der Waals surface area contributed by atoms with Crippen molar-refractivity contribution in [2.45, 2.75) is 13.1 Å². The highest BCUT2D eigenvalue weighted by atomic mass is 19.4. The molecule has 0 spiro atoms. The summed E-state index contributed by atoms with van der Waals surface area (Å²) in [5, 5.41) is 0.614. The lowest BCUT2D eigenvalue weighted by Crippen LogP contribution is -2.07. The van der Waals surface area contributed by atoms with Crippen LogP contribution < -0.4 is 0 Å². The first-order chi connectivity index (χ1) is 11.4. The average molecular weight is 333 g/mol. The molecule has 0 amide bonds. The van der Waals surface area contributed by atoms with E-state index in [2.05, 4.69) is 4.98 Å². The summed E-state index contributed by atoms with van der Waals surface area (Å²) in [6.07, 6.45) is -4.45. The molecule has 124 valence electrons. The highest BCUT2D eigenvalue weighted by Crippen LogP contribution is 2.35. The summed E-state index contributed by atoms with van der Waals surface area (Å²) < 4.78 is 44.0. The first kappa shape index (κ1) is 16.1. The summed E-state index contributed by atoms with van der Waals surface area (Å²) >= 11 is 0. The molecule has 0 unspecified atom stereocenters. The van der Waals surface area contributed by atoms with Crippen LogP contribution in [0.4, 0.5) is 13.2 Å². The predicted molar refractivity (Wildman–Crippen MR) is 84.7 cm³/mol. The van der Waals surface area contributed by atoms with Gasteiger partial charge in [-0.3, -0.25) is 0 Å². The van der Waals surface area contributed by atoms with Crippen molar-refractivity contribution in [3.63, 3.8) is 0 Å². The van der Waals surface area contributed by atoms with Gasteiger partial charge in [0.05, 0.1) is 23.4 Å². The number of fused-ring (bicyclic) bond motifs is 1. The number of aromatic amines is 1. The van der Waals surface area contributed by atoms with Crippen LogP contribution in [-0.2, 0) is 10.9 Å². The van der Waals surface area contributed by atoms with Crippen LogP contribution in [0.15, 0.2) is 48.5 Å². The number of aromatic nitrogens is 1. The summed E-state index contributed by atoms with van der Waals surface area (Å²) in [6, 6.07) is 11.9. The summed E-state index contributed by atoms with van der Waals surface area (Å²) in [7, 11) is 0. The number of hydrogen-bond acceptors (Lipinski definition) is 2. The predicted octanol–water partition coefficient (Wildman–Crippen LogP) is 5.03. The van der Waals surface area contributed by atoms with E-state index in [1.54, 1.807) is 31.2 Å². The SMILES string of the molecule is CCOC(=O)c1c(-c2cccc(C(F)(F)F)c2)[nH]c2ccccc12. The number of halogens is 3. The van der Waals surface area contributed by atoms with Crippen molar-refractivity contribution in [3.8, 4) is 11.3 Å². The Hall–Kier alpha value is -2.76. The molecular weight excluding hydrogens is 319 g/mol. The highest BCUT2D eigenvalue weighted by molar-refractivity contribution is 6.10. The molecule has 1 heterocycles. The largest absolute Gasteiger partial charge is 0.462 e. The molecule has 0 saturated carbocycles. The van der Waals surface area contributed by atoms with Gasteiger partial charge in [0.15, 0.2) is 0 Å². The number of carbonyl (C=O) groups is 1. The fraction of sp³-hybridized carbons (Fsp3) is 0.167. The van der Waals surface area contributed by atoms with E-state index in [1.165, 1.54) is 12.1 Å². The van der Waals surface area contributed by atoms with Gasteiger partial charge in [-0.2, -0.15) is 13.2 Å². The van der Waals surface area contributed by atoms with Crippen molar-refractivity contribution < 1.29 is 22.7 Å². The van der Waals surface area contributed by atoms with E-state index < -0.39 is 17.7 Å². The summed E-state index contributed by atoms with van der Waals surface area (Å²) in [5.74, 6) is -0.567. The second-order valence-electron chi connectivity index (χ2n) is 5.22. The summed E-state index contributed by atoms with van der Waals surface area (Å²) in [5.41, 5.74) is 0.734. The minimum atomic E-state index is -4.45. The van der Waals surface area contributed by atoms with Crippen LogP contribution in [0.1, 0.15) is 22.8 Å². The third-order valence-corrected chi connectivity index (χ3v) is 3.66. The Morgan fingerprint density at radius 2 is 1.88 bits per heavy atom. The molecule has 3 nitrogen and oxygen atoms in total. The fourth-order valence-electron chi connectivity index (χ4n) is 2.62. The minimum absolute atomic E-state index is 0.181. The van der Waals surface area contributed by atoms with Gasteiger partial charge >= 0.3 is 12.1 Å². The number of H-pyrrole nitrogens is 1. The maximum Gasteiger partial charge on any atom is 0.416 e. The third kappa shape index (κ3) is 2.87. The first-order valence-electron chi connectivity index (χ1n) is 7.37. The van der Waals surface area contributed by atoms with Crippen molar-refractivity contribution in [2.24, 2.45) is 0 Å². The van der Waals surface area contributed by atoms with Gasteiger partial charge in [0.25, 0.3) is 0 Å². The smallest absolute Gasteiger partial charge is 0.416 e. The molecule has 0 bridgehead atoms. The van der Waals surface area contributed by atoms with Crippen LogP contribution >= 0.6 is 0 Å². The van der Waals surface area contributed by atoms with E-state index in [0.29, 0.717) is 16.6 Å². The summed E-state index contributed by atoms with van der Waals surface area (Å²) in [4.78, 5) is 15.4. The number of ether oxygens (including phenoxy) is 1. The molecule has 3 rings (SSSR count). The number of alkyl halides is 3. The average Bonchev–Trinajstić information content (AvgIpc) is 2.94.